The third-order valence-corrected chi connectivity index (χ3v) is 6.01. The largest absolute Gasteiger partial charge is 0.361 e. The minimum absolute atomic E-state index is 0.517. The molecule has 3 aromatic rings. The number of hydrogen-bond donors (Lipinski definition) is 2. The van der Waals surface area contributed by atoms with Crippen LogP contribution in [0.2, 0.25) is 0 Å². The summed E-state index contributed by atoms with van der Waals surface area (Å²) in [5.41, 5.74) is 6.08. The van der Waals surface area contributed by atoms with Gasteiger partial charge in [-0.1, -0.05) is 43.2 Å². The van der Waals surface area contributed by atoms with Gasteiger partial charge in [0.05, 0.1) is 0 Å². The molecule has 0 amide bonds. The first-order valence-corrected chi connectivity index (χ1v) is 10.2. The first kappa shape index (κ1) is 18.1. The van der Waals surface area contributed by atoms with Crippen LogP contribution in [0.1, 0.15) is 42.4 Å². The van der Waals surface area contributed by atoms with Crippen molar-refractivity contribution in [3.05, 3.63) is 65.4 Å². The Morgan fingerprint density at radius 3 is 2.74 bits per heavy atom. The summed E-state index contributed by atoms with van der Waals surface area (Å²) in [6.45, 7) is 5.09. The van der Waals surface area contributed by atoms with Crippen LogP contribution in [0.3, 0.4) is 0 Å². The molecule has 0 saturated heterocycles. The number of anilines is 1. The van der Waals surface area contributed by atoms with E-state index in [0.717, 1.165) is 17.3 Å². The van der Waals surface area contributed by atoms with Crippen LogP contribution in [0.5, 0.6) is 0 Å². The second-order valence-electron chi connectivity index (χ2n) is 7.67. The molecule has 27 heavy (non-hydrogen) atoms. The number of thiocarbonyl (C=S) groups is 1. The molecule has 3 nitrogen and oxygen atoms in total. The van der Waals surface area contributed by atoms with E-state index in [4.69, 9.17) is 12.2 Å². The molecule has 2 aromatic carbocycles. The lowest BCUT2D eigenvalue weighted by atomic mass is 10.1. The van der Waals surface area contributed by atoms with Crippen molar-refractivity contribution in [1.82, 2.24) is 9.88 Å². The molecule has 0 unspecified atom stereocenters. The molecule has 0 radical (unpaired) electrons. The van der Waals surface area contributed by atoms with Crippen LogP contribution >= 0.6 is 12.2 Å². The average Bonchev–Trinajstić information content (AvgIpc) is 3.32. The lowest BCUT2D eigenvalue weighted by Crippen LogP contribution is -2.41. The third kappa shape index (κ3) is 3.86. The Morgan fingerprint density at radius 1 is 1.15 bits per heavy atom. The normalized spacial score (nSPS) is 14.6. The Bertz CT molecular complexity index is 953. The van der Waals surface area contributed by atoms with Gasteiger partial charge in [-0.25, -0.2) is 0 Å². The number of nitrogens with one attached hydrogen (secondary N) is 2. The number of aryl methyl sites for hydroxylation is 2. The topological polar surface area (TPSA) is 31.1 Å². The zero-order chi connectivity index (χ0) is 18.8. The van der Waals surface area contributed by atoms with E-state index in [1.54, 1.807) is 0 Å². The molecular formula is C23H27N3S. The highest BCUT2D eigenvalue weighted by atomic mass is 32.1. The highest BCUT2D eigenvalue weighted by Crippen LogP contribution is 2.28. The van der Waals surface area contributed by atoms with E-state index in [1.165, 1.54) is 53.3 Å². The van der Waals surface area contributed by atoms with Crippen LogP contribution in [0, 0.1) is 13.8 Å². The van der Waals surface area contributed by atoms with Crippen molar-refractivity contribution in [3.8, 4) is 0 Å². The number of aromatic nitrogens is 1. The minimum atomic E-state index is 0.517. The summed E-state index contributed by atoms with van der Waals surface area (Å²) in [5, 5.41) is 5.66. The molecule has 4 heteroatoms. The molecule has 1 aliphatic carbocycles. The minimum Gasteiger partial charge on any atom is -0.361 e. The van der Waals surface area contributed by atoms with Gasteiger partial charge in [0.2, 0.25) is 0 Å². The molecule has 1 heterocycles. The van der Waals surface area contributed by atoms with Crippen LogP contribution in [0.4, 0.5) is 5.69 Å². The van der Waals surface area contributed by atoms with Crippen molar-refractivity contribution in [2.45, 2.75) is 52.1 Å². The predicted molar refractivity (Wildman–Crippen MR) is 118 cm³/mol. The van der Waals surface area contributed by atoms with E-state index in [-0.39, 0.29) is 0 Å². The second kappa shape index (κ2) is 7.73. The van der Waals surface area contributed by atoms with Gasteiger partial charge >= 0.3 is 0 Å². The summed E-state index contributed by atoms with van der Waals surface area (Å²) in [4.78, 5) is 5.80. The molecule has 0 aliphatic heterocycles. The number of nitrogens with zero attached hydrogens (tertiary/aromatic N) is 1. The number of benzene rings is 2. The summed E-state index contributed by atoms with van der Waals surface area (Å²) < 4.78 is 0. The lowest BCUT2D eigenvalue weighted by molar-refractivity contribution is 0.313. The summed E-state index contributed by atoms with van der Waals surface area (Å²) in [7, 11) is 0. The quantitative estimate of drug-likeness (QED) is 0.553. The zero-order valence-corrected chi connectivity index (χ0v) is 16.9. The van der Waals surface area contributed by atoms with E-state index < -0.39 is 0 Å². The van der Waals surface area contributed by atoms with Crippen LogP contribution in [0.25, 0.3) is 10.9 Å². The summed E-state index contributed by atoms with van der Waals surface area (Å²) in [6, 6.07) is 15.5. The Balaban J connectivity index is 1.60. The van der Waals surface area contributed by atoms with Crippen molar-refractivity contribution in [2.24, 2.45) is 0 Å². The Hall–Kier alpha value is -2.33. The number of rotatable bonds is 4. The van der Waals surface area contributed by atoms with Crippen LogP contribution < -0.4 is 5.32 Å². The lowest BCUT2D eigenvalue weighted by Gasteiger charge is -2.32. The van der Waals surface area contributed by atoms with E-state index in [0.29, 0.717) is 6.04 Å². The molecule has 1 aliphatic rings. The van der Waals surface area contributed by atoms with Gasteiger partial charge in [0, 0.05) is 35.4 Å². The first-order chi connectivity index (χ1) is 13.1. The summed E-state index contributed by atoms with van der Waals surface area (Å²) in [6.07, 6.45) is 7.16. The van der Waals surface area contributed by atoms with Gasteiger partial charge in [-0.3, -0.25) is 0 Å². The molecule has 1 fully saturated rings. The molecule has 1 aromatic heterocycles. The van der Waals surface area contributed by atoms with E-state index in [9.17, 15) is 0 Å². The Kier molecular flexibility index (Phi) is 5.17. The predicted octanol–water partition coefficient (Wildman–Crippen LogP) is 5.93. The first-order valence-electron chi connectivity index (χ1n) is 9.81. The molecule has 0 spiro atoms. The van der Waals surface area contributed by atoms with Gasteiger partial charge in [0.1, 0.15) is 0 Å². The second-order valence-corrected chi connectivity index (χ2v) is 8.06. The van der Waals surface area contributed by atoms with Crippen molar-refractivity contribution in [3.63, 3.8) is 0 Å². The molecule has 0 atom stereocenters. The maximum Gasteiger partial charge on any atom is 0.173 e. The fourth-order valence-corrected chi connectivity index (χ4v) is 4.41. The van der Waals surface area contributed by atoms with Gasteiger partial charge in [0.15, 0.2) is 5.11 Å². The van der Waals surface area contributed by atoms with Gasteiger partial charge < -0.3 is 15.2 Å². The van der Waals surface area contributed by atoms with Crippen molar-refractivity contribution >= 4 is 33.9 Å². The van der Waals surface area contributed by atoms with Crippen molar-refractivity contribution < 1.29 is 0 Å². The monoisotopic (exact) mass is 377 g/mol. The summed E-state index contributed by atoms with van der Waals surface area (Å²) >= 11 is 5.90. The maximum absolute atomic E-state index is 5.90. The number of fused-ring (bicyclic) bond motifs is 1. The van der Waals surface area contributed by atoms with Gasteiger partial charge in [-0.05, 0) is 67.7 Å². The Labute approximate surface area is 166 Å². The van der Waals surface area contributed by atoms with E-state index in [1.807, 2.05) is 0 Å². The van der Waals surface area contributed by atoms with Crippen LogP contribution in [-0.2, 0) is 6.54 Å². The van der Waals surface area contributed by atoms with E-state index in [2.05, 4.69) is 77.7 Å². The molecule has 140 valence electrons. The molecule has 1 saturated carbocycles. The standard InChI is InChI=1S/C23H27N3S/c1-16-11-12-17(2)22(13-16)25-23(27)26(19-7-3-4-8-19)15-18-14-24-21-10-6-5-9-20(18)21/h5-6,9-14,19,24H,3-4,7-8,15H2,1-2H3,(H,25,27). The van der Waals surface area contributed by atoms with Crippen LogP contribution in [0.15, 0.2) is 48.7 Å². The third-order valence-electron chi connectivity index (χ3n) is 5.68. The number of aromatic amines is 1. The Morgan fingerprint density at radius 2 is 1.93 bits per heavy atom. The maximum atomic E-state index is 5.90. The number of hydrogen-bond acceptors (Lipinski definition) is 1. The van der Waals surface area contributed by atoms with Gasteiger partial charge in [-0.2, -0.15) is 0 Å². The molecular weight excluding hydrogens is 350 g/mol. The number of para-hydroxylation sites is 1. The fraction of sp³-hybridized carbons (Fsp3) is 0.348. The smallest absolute Gasteiger partial charge is 0.173 e. The highest BCUT2D eigenvalue weighted by Gasteiger charge is 2.25. The fourth-order valence-electron chi connectivity index (χ4n) is 4.09. The SMILES string of the molecule is Cc1ccc(C)c(NC(=S)N(Cc2c[nH]c3ccccc23)C2CCCC2)c1. The van der Waals surface area contributed by atoms with Crippen molar-refractivity contribution in [1.29, 1.82) is 0 Å². The van der Waals surface area contributed by atoms with Gasteiger partial charge in [-0.15, -0.1) is 0 Å². The van der Waals surface area contributed by atoms with Crippen LogP contribution in [-0.4, -0.2) is 21.0 Å². The molecule has 4 rings (SSSR count). The van der Waals surface area contributed by atoms with Crippen molar-refractivity contribution in [2.75, 3.05) is 5.32 Å². The zero-order valence-electron chi connectivity index (χ0n) is 16.1. The summed E-state index contributed by atoms with van der Waals surface area (Å²) in [5.74, 6) is 0. The molecule has 2 N–H and O–H groups in total. The van der Waals surface area contributed by atoms with Gasteiger partial charge in [0.25, 0.3) is 0 Å². The molecule has 0 bridgehead atoms. The number of H-pyrrole nitrogens is 1. The average molecular weight is 378 g/mol. The van der Waals surface area contributed by atoms with E-state index >= 15 is 0 Å². The highest BCUT2D eigenvalue weighted by molar-refractivity contribution is 7.80.